The summed E-state index contributed by atoms with van der Waals surface area (Å²) in [6, 6.07) is 8.94. The summed E-state index contributed by atoms with van der Waals surface area (Å²) >= 11 is 0. The molecule has 9 nitrogen and oxygen atoms in total. The molecule has 3 aliphatic heterocycles. The van der Waals surface area contributed by atoms with E-state index in [2.05, 4.69) is 65.6 Å². The van der Waals surface area contributed by atoms with Crippen molar-refractivity contribution >= 4 is 29.0 Å². The van der Waals surface area contributed by atoms with Gasteiger partial charge >= 0.3 is 6.03 Å². The maximum atomic E-state index is 12.8. The Morgan fingerprint density at radius 3 is 2.49 bits per heavy atom. The number of rotatable bonds is 7. The number of primary amides is 1. The van der Waals surface area contributed by atoms with Crippen LogP contribution in [0.15, 0.2) is 30.5 Å². The summed E-state index contributed by atoms with van der Waals surface area (Å²) < 4.78 is 0. The van der Waals surface area contributed by atoms with Crippen molar-refractivity contribution in [2.75, 3.05) is 50.0 Å². The Bertz CT molecular complexity index is 1210. The first-order valence-electron chi connectivity index (χ1n) is 14.4. The molecule has 4 heterocycles. The van der Waals surface area contributed by atoms with E-state index in [1.54, 1.807) is 11.1 Å². The first kappa shape index (κ1) is 27.2. The van der Waals surface area contributed by atoms with Gasteiger partial charge in [0, 0.05) is 44.0 Å². The van der Waals surface area contributed by atoms with Crippen LogP contribution in [0.1, 0.15) is 68.1 Å². The fourth-order valence-corrected chi connectivity index (χ4v) is 6.69. The highest BCUT2D eigenvalue weighted by atomic mass is 16.2. The van der Waals surface area contributed by atoms with Crippen LogP contribution in [-0.4, -0.2) is 78.6 Å². The van der Waals surface area contributed by atoms with Crippen LogP contribution < -0.4 is 21.3 Å². The number of hydrogen-bond acceptors (Lipinski definition) is 6. The van der Waals surface area contributed by atoms with Gasteiger partial charge in [-0.2, -0.15) is 0 Å². The van der Waals surface area contributed by atoms with E-state index in [4.69, 9.17) is 5.73 Å². The third kappa shape index (κ3) is 5.16. The lowest BCUT2D eigenvalue weighted by atomic mass is 9.75. The van der Waals surface area contributed by atoms with Gasteiger partial charge in [-0.3, -0.25) is 4.79 Å². The Kier molecular flexibility index (Phi) is 7.71. The number of piperidine rings is 2. The molecule has 2 atom stereocenters. The number of nitrogens with two attached hydrogens (primary N) is 1. The van der Waals surface area contributed by atoms with E-state index in [0.29, 0.717) is 12.1 Å². The molecule has 2 aromatic rings. The summed E-state index contributed by atoms with van der Waals surface area (Å²) in [6.07, 6.45) is 6.71. The number of anilines is 3. The third-order valence-corrected chi connectivity index (χ3v) is 9.21. The van der Waals surface area contributed by atoms with Crippen LogP contribution in [0.2, 0.25) is 0 Å². The highest BCUT2D eigenvalue weighted by molar-refractivity contribution is 5.99. The number of carbonyl (C=O) groups is 2. The van der Waals surface area contributed by atoms with Gasteiger partial charge in [0.1, 0.15) is 0 Å². The number of nitrogens with zero attached hydrogens (tertiary/aromatic N) is 4. The Morgan fingerprint density at radius 2 is 1.87 bits per heavy atom. The van der Waals surface area contributed by atoms with E-state index >= 15 is 0 Å². The van der Waals surface area contributed by atoms with Gasteiger partial charge in [-0.1, -0.05) is 26.0 Å². The molecule has 1 aromatic carbocycles. The SMILES string of the molecule is CCc1c(N2CCCC(N3CCN(C)C3=O)C2C)cnc(C(N)=O)c1Nc1ccc(C2(C)CCNCC2)cc1. The molecule has 3 fully saturated rings. The van der Waals surface area contributed by atoms with Crippen LogP contribution in [0.4, 0.5) is 21.9 Å². The number of hydrogen-bond donors (Lipinski definition) is 3. The summed E-state index contributed by atoms with van der Waals surface area (Å²) in [7, 11) is 1.87. The number of urea groups is 1. The number of aromatic nitrogens is 1. The topological polar surface area (TPSA) is 107 Å². The number of likely N-dealkylation sites (N-methyl/N-ethyl adjacent to an activating group) is 1. The minimum absolute atomic E-state index is 0.107. The predicted molar refractivity (Wildman–Crippen MR) is 156 cm³/mol. The zero-order chi connectivity index (χ0) is 27.7. The van der Waals surface area contributed by atoms with Crippen molar-refractivity contribution in [2.24, 2.45) is 5.73 Å². The van der Waals surface area contributed by atoms with Crippen molar-refractivity contribution < 1.29 is 9.59 Å². The summed E-state index contributed by atoms with van der Waals surface area (Å²) in [5.41, 5.74) is 11.2. The maximum Gasteiger partial charge on any atom is 0.320 e. The molecular formula is C30H43N7O2. The second kappa shape index (κ2) is 11.0. The molecule has 3 saturated heterocycles. The first-order valence-corrected chi connectivity index (χ1v) is 14.4. The van der Waals surface area contributed by atoms with Gasteiger partial charge < -0.3 is 31.1 Å². The van der Waals surface area contributed by atoms with Crippen LogP contribution in [0, 0.1) is 0 Å². The van der Waals surface area contributed by atoms with Gasteiger partial charge in [0.15, 0.2) is 5.69 Å². The summed E-state index contributed by atoms with van der Waals surface area (Å²) in [4.78, 5) is 36.0. The van der Waals surface area contributed by atoms with E-state index in [1.165, 1.54) is 5.56 Å². The fraction of sp³-hybridized carbons (Fsp3) is 0.567. The number of pyridine rings is 1. The smallest absolute Gasteiger partial charge is 0.320 e. The fourth-order valence-electron chi connectivity index (χ4n) is 6.69. The van der Waals surface area contributed by atoms with Gasteiger partial charge in [-0.25, -0.2) is 9.78 Å². The summed E-state index contributed by atoms with van der Waals surface area (Å²) in [5, 5.41) is 6.97. The molecule has 4 N–H and O–H groups in total. The normalized spacial score (nSPS) is 23.3. The van der Waals surface area contributed by atoms with Gasteiger partial charge in [-0.15, -0.1) is 0 Å². The average Bonchev–Trinajstić information content (AvgIpc) is 3.26. The molecule has 3 aliphatic rings. The second-order valence-electron chi connectivity index (χ2n) is 11.6. The van der Waals surface area contributed by atoms with Gasteiger partial charge in [-0.05, 0) is 75.2 Å². The lowest BCUT2D eigenvalue weighted by Gasteiger charge is -2.45. The van der Waals surface area contributed by atoms with Crippen molar-refractivity contribution in [3.05, 3.63) is 47.3 Å². The second-order valence-corrected chi connectivity index (χ2v) is 11.6. The highest BCUT2D eigenvalue weighted by Gasteiger charge is 2.39. The number of nitrogens with one attached hydrogen (secondary N) is 2. The number of carbonyl (C=O) groups excluding carboxylic acids is 2. The molecule has 39 heavy (non-hydrogen) atoms. The molecule has 2 unspecified atom stereocenters. The first-order chi connectivity index (χ1) is 18.7. The third-order valence-electron chi connectivity index (χ3n) is 9.21. The molecule has 210 valence electrons. The molecule has 5 rings (SSSR count). The molecule has 3 amide bonds. The van der Waals surface area contributed by atoms with Crippen LogP contribution in [-0.2, 0) is 11.8 Å². The number of benzene rings is 1. The Labute approximate surface area is 232 Å². The minimum atomic E-state index is -0.548. The number of amides is 3. The van der Waals surface area contributed by atoms with Gasteiger partial charge in [0.2, 0.25) is 0 Å². The van der Waals surface area contributed by atoms with E-state index in [0.717, 1.165) is 75.3 Å². The average molecular weight is 534 g/mol. The highest BCUT2D eigenvalue weighted by Crippen LogP contribution is 2.38. The van der Waals surface area contributed by atoms with Crippen LogP contribution in [0.25, 0.3) is 0 Å². The maximum absolute atomic E-state index is 12.8. The molecule has 0 aliphatic carbocycles. The van der Waals surface area contributed by atoms with E-state index in [1.807, 2.05) is 11.9 Å². The monoisotopic (exact) mass is 533 g/mol. The minimum Gasteiger partial charge on any atom is -0.365 e. The van der Waals surface area contributed by atoms with Gasteiger partial charge in [0.25, 0.3) is 5.91 Å². The van der Waals surface area contributed by atoms with Crippen molar-refractivity contribution in [1.29, 1.82) is 0 Å². The van der Waals surface area contributed by atoms with Crippen molar-refractivity contribution in [3.63, 3.8) is 0 Å². The molecule has 0 radical (unpaired) electrons. The zero-order valence-corrected chi connectivity index (χ0v) is 23.8. The Balaban J connectivity index is 1.45. The molecule has 1 aromatic heterocycles. The quantitative estimate of drug-likeness (QED) is 0.499. The van der Waals surface area contributed by atoms with E-state index in [-0.39, 0.29) is 29.2 Å². The molecule has 0 spiro atoms. The van der Waals surface area contributed by atoms with E-state index < -0.39 is 5.91 Å². The van der Waals surface area contributed by atoms with E-state index in [9.17, 15) is 9.59 Å². The lowest BCUT2D eigenvalue weighted by Crippen LogP contribution is -2.55. The van der Waals surface area contributed by atoms with Crippen LogP contribution in [0.5, 0.6) is 0 Å². The Morgan fingerprint density at radius 1 is 1.15 bits per heavy atom. The predicted octanol–water partition coefficient (Wildman–Crippen LogP) is 3.85. The lowest BCUT2D eigenvalue weighted by molar-refractivity contribution is 0.0996. The van der Waals surface area contributed by atoms with Crippen molar-refractivity contribution in [2.45, 2.75) is 70.4 Å². The molecular weight excluding hydrogens is 490 g/mol. The molecule has 9 heteroatoms. The molecule has 0 bridgehead atoms. The zero-order valence-electron chi connectivity index (χ0n) is 23.8. The molecule has 0 saturated carbocycles. The largest absolute Gasteiger partial charge is 0.365 e. The van der Waals surface area contributed by atoms with Crippen molar-refractivity contribution in [1.82, 2.24) is 20.1 Å². The van der Waals surface area contributed by atoms with Crippen LogP contribution in [0.3, 0.4) is 0 Å². The standard InChI is InChI=1S/C30H43N7O2/c1-5-23-25(36-16-6-7-24(20(36)2)37-18-17-35(4)29(37)39)19-33-27(28(31)38)26(23)34-22-10-8-21(9-11-22)30(3)12-14-32-15-13-30/h8-11,19-20,24,32,34H,5-7,12-18H2,1-4H3,(H2,31,38). The summed E-state index contributed by atoms with van der Waals surface area (Å²) in [5.74, 6) is -0.548. The van der Waals surface area contributed by atoms with Crippen LogP contribution >= 0.6 is 0 Å². The summed E-state index contributed by atoms with van der Waals surface area (Å²) in [6.45, 7) is 11.1. The Hall–Kier alpha value is -3.33. The van der Waals surface area contributed by atoms with Crippen molar-refractivity contribution in [3.8, 4) is 0 Å². The van der Waals surface area contributed by atoms with Gasteiger partial charge in [0.05, 0.1) is 23.6 Å².